The molecule has 1 aliphatic rings. The lowest BCUT2D eigenvalue weighted by atomic mass is 10.1. The Kier molecular flexibility index (Phi) is 7.78. The fourth-order valence-corrected chi connectivity index (χ4v) is 4.13. The molecule has 1 aromatic rings. The van der Waals surface area contributed by atoms with Gasteiger partial charge in [-0.15, -0.1) is 11.8 Å². The van der Waals surface area contributed by atoms with Gasteiger partial charge in [0.05, 0.1) is 11.8 Å². The topological polar surface area (TPSA) is 60.9 Å². The first-order chi connectivity index (χ1) is 12.0. The van der Waals surface area contributed by atoms with E-state index in [9.17, 15) is 9.59 Å². The summed E-state index contributed by atoms with van der Waals surface area (Å²) in [5.41, 5.74) is 1.23. The summed E-state index contributed by atoms with van der Waals surface area (Å²) in [6.45, 7) is 3.52. The molecule has 0 aromatic heterocycles. The van der Waals surface area contributed by atoms with Crippen LogP contribution in [0.3, 0.4) is 0 Å². The second-order valence-corrected chi connectivity index (χ2v) is 7.99. The predicted octanol–water partition coefficient (Wildman–Crippen LogP) is 2.71. The number of aliphatic carboxylic acids is 1. The minimum Gasteiger partial charge on any atom is -0.480 e. The van der Waals surface area contributed by atoms with Crippen LogP contribution >= 0.6 is 11.8 Å². The van der Waals surface area contributed by atoms with Crippen LogP contribution in [0.2, 0.25) is 0 Å². The minimum atomic E-state index is -0.800. The van der Waals surface area contributed by atoms with Crippen LogP contribution in [0.4, 0.5) is 0 Å². The van der Waals surface area contributed by atoms with Gasteiger partial charge in [-0.2, -0.15) is 0 Å². The van der Waals surface area contributed by atoms with Crippen LogP contribution in [-0.2, 0) is 15.3 Å². The van der Waals surface area contributed by atoms with Crippen molar-refractivity contribution in [2.75, 3.05) is 26.7 Å². The van der Waals surface area contributed by atoms with E-state index in [2.05, 4.69) is 12.1 Å². The first kappa shape index (κ1) is 19.8. The van der Waals surface area contributed by atoms with Crippen LogP contribution in [0.15, 0.2) is 30.3 Å². The third-order valence-corrected chi connectivity index (χ3v) is 5.91. The zero-order valence-corrected chi connectivity index (χ0v) is 15.9. The lowest BCUT2D eigenvalue weighted by Gasteiger charge is -2.26. The number of carbonyl (C=O) groups excluding carboxylic acids is 1. The van der Waals surface area contributed by atoms with Gasteiger partial charge in [-0.1, -0.05) is 30.3 Å². The highest BCUT2D eigenvalue weighted by Crippen LogP contribution is 2.22. The summed E-state index contributed by atoms with van der Waals surface area (Å²) in [6, 6.07) is 10.4. The van der Waals surface area contributed by atoms with Gasteiger partial charge in [-0.05, 0) is 38.8 Å². The molecule has 1 saturated heterocycles. The fourth-order valence-electron chi connectivity index (χ4n) is 3.21. The molecule has 2 unspecified atom stereocenters. The molecule has 138 valence electrons. The molecule has 25 heavy (non-hydrogen) atoms. The van der Waals surface area contributed by atoms with E-state index >= 15 is 0 Å². The van der Waals surface area contributed by atoms with Gasteiger partial charge in [0.1, 0.15) is 0 Å². The van der Waals surface area contributed by atoms with Gasteiger partial charge in [0.15, 0.2) is 0 Å². The minimum absolute atomic E-state index is 0.0575. The van der Waals surface area contributed by atoms with Gasteiger partial charge < -0.3 is 10.0 Å². The van der Waals surface area contributed by atoms with E-state index in [0.29, 0.717) is 6.54 Å². The number of carbonyl (C=O) groups is 2. The summed E-state index contributed by atoms with van der Waals surface area (Å²) in [7, 11) is 1.86. The number of benzene rings is 1. The molecule has 2 rings (SSSR count). The number of nitrogens with zero attached hydrogens (tertiary/aromatic N) is 2. The molecule has 1 aromatic carbocycles. The summed E-state index contributed by atoms with van der Waals surface area (Å²) in [5, 5.41) is 8.88. The van der Waals surface area contributed by atoms with Gasteiger partial charge in [0.25, 0.3) is 0 Å². The van der Waals surface area contributed by atoms with E-state index in [1.807, 2.05) is 42.0 Å². The number of likely N-dealkylation sites (N-methyl/N-ethyl adjacent to an activating group) is 1. The Morgan fingerprint density at radius 3 is 2.68 bits per heavy atom. The number of thioether (sulfide) groups is 1. The maximum absolute atomic E-state index is 12.7. The van der Waals surface area contributed by atoms with Crippen molar-refractivity contribution in [1.82, 2.24) is 9.80 Å². The number of carboxylic acid groups (broad SMARTS) is 1. The Labute approximate surface area is 154 Å². The van der Waals surface area contributed by atoms with Crippen molar-refractivity contribution in [2.45, 2.75) is 43.2 Å². The third-order valence-electron chi connectivity index (χ3n) is 4.71. The van der Waals surface area contributed by atoms with Gasteiger partial charge in [0, 0.05) is 24.9 Å². The summed E-state index contributed by atoms with van der Waals surface area (Å²) in [6.07, 6.45) is 2.71. The summed E-state index contributed by atoms with van der Waals surface area (Å²) < 4.78 is 0. The van der Waals surface area contributed by atoms with E-state index < -0.39 is 5.97 Å². The monoisotopic (exact) mass is 364 g/mol. The van der Waals surface area contributed by atoms with E-state index in [1.54, 1.807) is 11.8 Å². The van der Waals surface area contributed by atoms with Crippen molar-refractivity contribution < 1.29 is 14.7 Å². The molecule has 0 bridgehead atoms. The molecule has 0 spiro atoms. The first-order valence-corrected chi connectivity index (χ1v) is 9.88. The summed E-state index contributed by atoms with van der Waals surface area (Å²) in [5.74, 6) is 0.235. The van der Waals surface area contributed by atoms with Crippen molar-refractivity contribution in [3.63, 3.8) is 0 Å². The molecule has 6 heteroatoms. The largest absolute Gasteiger partial charge is 0.480 e. The Morgan fingerprint density at radius 1 is 1.28 bits per heavy atom. The van der Waals surface area contributed by atoms with Crippen LogP contribution in [0, 0.1) is 0 Å². The number of hydrogen-bond acceptors (Lipinski definition) is 4. The average molecular weight is 365 g/mol. The zero-order valence-electron chi connectivity index (χ0n) is 15.1. The van der Waals surface area contributed by atoms with Gasteiger partial charge in [-0.25, -0.2) is 0 Å². The Morgan fingerprint density at radius 2 is 2.00 bits per heavy atom. The van der Waals surface area contributed by atoms with E-state index in [-0.39, 0.29) is 23.7 Å². The smallest absolute Gasteiger partial charge is 0.317 e. The Balaban J connectivity index is 1.82. The van der Waals surface area contributed by atoms with Gasteiger partial charge in [0.2, 0.25) is 5.91 Å². The van der Waals surface area contributed by atoms with Crippen LogP contribution in [-0.4, -0.2) is 64.8 Å². The quantitative estimate of drug-likeness (QED) is 0.806. The van der Waals surface area contributed by atoms with E-state index in [4.69, 9.17) is 5.11 Å². The number of rotatable bonds is 7. The molecule has 2 atom stereocenters. The van der Waals surface area contributed by atoms with Gasteiger partial charge >= 0.3 is 5.97 Å². The van der Waals surface area contributed by atoms with Crippen LogP contribution < -0.4 is 0 Å². The lowest BCUT2D eigenvalue weighted by Crippen LogP contribution is -2.39. The number of likely N-dealkylation sites (tertiary alicyclic amines) is 1. The van der Waals surface area contributed by atoms with Crippen molar-refractivity contribution >= 4 is 23.6 Å². The standard InChI is InChI=1S/C19H28N2O3S/c1-15(25-14-16-7-4-3-5-8-16)19(24)21-11-6-9-17(10-12-21)20(2)13-18(22)23/h3-5,7-8,15,17H,6,9-14H2,1-2H3,(H,22,23). The normalized spacial score (nSPS) is 19.5. The second kappa shape index (κ2) is 9.82. The molecule has 0 saturated carbocycles. The Hall–Kier alpha value is -1.53. The number of hydrogen-bond donors (Lipinski definition) is 1. The molecule has 0 aliphatic carbocycles. The highest BCUT2D eigenvalue weighted by Gasteiger charge is 2.26. The SMILES string of the molecule is CC(SCc1ccccc1)C(=O)N1CCCC(N(C)CC(=O)O)CC1. The van der Waals surface area contributed by atoms with Crippen LogP contribution in [0.5, 0.6) is 0 Å². The summed E-state index contributed by atoms with van der Waals surface area (Å²) in [4.78, 5) is 27.5. The average Bonchev–Trinajstić information content (AvgIpc) is 2.85. The van der Waals surface area contributed by atoms with Crippen molar-refractivity contribution in [2.24, 2.45) is 0 Å². The number of amides is 1. The molecule has 1 N–H and O–H groups in total. The predicted molar refractivity (Wildman–Crippen MR) is 102 cm³/mol. The van der Waals surface area contributed by atoms with Crippen molar-refractivity contribution in [3.8, 4) is 0 Å². The van der Waals surface area contributed by atoms with Crippen molar-refractivity contribution in [1.29, 1.82) is 0 Å². The molecule has 1 heterocycles. The molecule has 1 fully saturated rings. The lowest BCUT2D eigenvalue weighted by molar-refractivity contribution is -0.138. The molecular weight excluding hydrogens is 336 g/mol. The molecule has 1 aliphatic heterocycles. The van der Waals surface area contributed by atoms with Crippen molar-refractivity contribution in [3.05, 3.63) is 35.9 Å². The third kappa shape index (κ3) is 6.36. The van der Waals surface area contributed by atoms with Crippen LogP contribution in [0.25, 0.3) is 0 Å². The fraction of sp³-hybridized carbons (Fsp3) is 0.579. The maximum Gasteiger partial charge on any atom is 0.317 e. The Bertz CT molecular complexity index is 567. The number of carboxylic acids is 1. The first-order valence-electron chi connectivity index (χ1n) is 8.83. The second-order valence-electron chi connectivity index (χ2n) is 6.66. The van der Waals surface area contributed by atoms with Gasteiger partial charge in [-0.3, -0.25) is 14.5 Å². The zero-order chi connectivity index (χ0) is 18.2. The molecule has 0 radical (unpaired) electrons. The highest BCUT2D eigenvalue weighted by molar-refractivity contribution is 7.99. The van der Waals surface area contributed by atoms with Crippen LogP contribution in [0.1, 0.15) is 31.7 Å². The molecule has 1 amide bonds. The highest BCUT2D eigenvalue weighted by atomic mass is 32.2. The molecule has 5 nitrogen and oxygen atoms in total. The maximum atomic E-state index is 12.7. The van der Waals surface area contributed by atoms with E-state index in [1.165, 1.54) is 5.56 Å². The summed E-state index contributed by atoms with van der Waals surface area (Å²) >= 11 is 1.67. The molecular formula is C19H28N2O3S. The van der Waals surface area contributed by atoms with E-state index in [0.717, 1.165) is 31.6 Å².